The fourth-order valence-corrected chi connectivity index (χ4v) is 3.74. The van der Waals surface area contributed by atoms with E-state index in [1.54, 1.807) is 0 Å². The summed E-state index contributed by atoms with van der Waals surface area (Å²) in [5.41, 5.74) is 1.34. The highest BCUT2D eigenvalue weighted by atomic mass is 35.5. The molecular weight excluding hydrogens is 268 g/mol. The van der Waals surface area contributed by atoms with Crippen LogP contribution in [0.3, 0.4) is 0 Å². The van der Waals surface area contributed by atoms with E-state index in [0.29, 0.717) is 12.0 Å². The van der Waals surface area contributed by atoms with E-state index in [2.05, 4.69) is 22.3 Å². The number of likely N-dealkylation sites (tertiary alicyclic amines) is 1. The average Bonchev–Trinajstić information content (AvgIpc) is 2.44. The van der Waals surface area contributed by atoms with Gasteiger partial charge in [0.15, 0.2) is 0 Å². The van der Waals surface area contributed by atoms with Crippen molar-refractivity contribution in [3.8, 4) is 0 Å². The van der Waals surface area contributed by atoms with Crippen LogP contribution in [0.4, 0.5) is 0 Å². The molecule has 0 amide bonds. The highest BCUT2D eigenvalue weighted by Gasteiger charge is 2.30. The van der Waals surface area contributed by atoms with Gasteiger partial charge in [-0.15, -0.1) is 0 Å². The second-order valence-corrected chi connectivity index (χ2v) is 6.65. The molecule has 110 valence electrons. The first kappa shape index (κ1) is 14.4. The molecule has 1 aliphatic heterocycles. The summed E-state index contributed by atoms with van der Waals surface area (Å²) in [5.74, 6) is 0.663. The van der Waals surface area contributed by atoms with Crippen molar-refractivity contribution in [2.45, 2.75) is 44.1 Å². The number of rotatable bonds is 5. The van der Waals surface area contributed by atoms with E-state index in [-0.39, 0.29) is 0 Å². The predicted octanol–water partition coefficient (Wildman–Crippen LogP) is 3.66. The van der Waals surface area contributed by atoms with Crippen molar-refractivity contribution in [2.24, 2.45) is 0 Å². The smallest absolute Gasteiger partial charge is 0.0440 e. The van der Waals surface area contributed by atoms with Crippen LogP contribution in [0.1, 0.15) is 43.6 Å². The van der Waals surface area contributed by atoms with Crippen molar-refractivity contribution >= 4 is 11.6 Å². The minimum Gasteiger partial charge on any atom is -0.313 e. The molecule has 0 spiro atoms. The summed E-state index contributed by atoms with van der Waals surface area (Å²) in [6, 6.07) is 8.99. The van der Waals surface area contributed by atoms with Gasteiger partial charge in [0.05, 0.1) is 0 Å². The van der Waals surface area contributed by atoms with Gasteiger partial charge < -0.3 is 10.2 Å². The SMILES string of the molecule is Clc1ccccc1C1CC(NCCN2CCCCC2)C1. The summed E-state index contributed by atoms with van der Waals surface area (Å²) in [6.45, 7) is 4.95. The van der Waals surface area contributed by atoms with Gasteiger partial charge in [-0.3, -0.25) is 0 Å². The Hall–Kier alpha value is -0.570. The summed E-state index contributed by atoms with van der Waals surface area (Å²) < 4.78 is 0. The second-order valence-electron chi connectivity index (χ2n) is 6.24. The molecule has 0 aromatic heterocycles. The third-order valence-corrected chi connectivity index (χ3v) is 5.14. The Kier molecular flexibility index (Phi) is 4.98. The highest BCUT2D eigenvalue weighted by molar-refractivity contribution is 6.31. The number of hydrogen-bond donors (Lipinski definition) is 1. The highest BCUT2D eigenvalue weighted by Crippen LogP contribution is 2.39. The minimum absolute atomic E-state index is 0.663. The van der Waals surface area contributed by atoms with E-state index in [1.807, 2.05) is 12.1 Å². The number of nitrogens with one attached hydrogen (secondary N) is 1. The van der Waals surface area contributed by atoms with Crippen molar-refractivity contribution in [2.75, 3.05) is 26.2 Å². The molecular formula is C17H25ClN2. The maximum absolute atomic E-state index is 6.26. The van der Waals surface area contributed by atoms with Crippen molar-refractivity contribution in [3.05, 3.63) is 34.9 Å². The van der Waals surface area contributed by atoms with Gasteiger partial charge in [-0.2, -0.15) is 0 Å². The Morgan fingerprint density at radius 1 is 1.10 bits per heavy atom. The van der Waals surface area contributed by atoms with E-state index in [4.69, 9.17) is 11.6 Å². The van der Waals surface area contributed by atoms with Crippen LogP contribution in [0.5, 0.6) is 0 Å². The van der Waals surface area contributed by atoms with Gasteiger partial charge in [0.1, 0.15) is 0 Å². The third-order valence-electron chi connectivity index (χ3n) is 4.79. The van der Waals surface area contributed by atoms with Crippen LogP contribution >= 0.6 is 11.6 Å². The molecule has 1 aromatic rings. The van der Waals surface area contributed by atoms with Gasteiger partial charge in [-0.1, -0.05) is 36.2 Å². The van der Waals surface area contributed by atoms with Crippen LogP contribution in [0.15, 0.2) is 24.3 Å². The molecule has 2 aliphatic rings. The molecule has 3 rings (SSSR count). The van der Waals surface area contributed by atoms with Crippen LogP contribution in [0.25, 0.3) is 0 Å². The Balaban J connectivity index is 1.35. The Morgan fingerprint density at radius 2 is 1.85 bits per heavy atom. The van der Waals surface area contributed by atoms with Crippen LogP contribution in [-0.2, 0) is 0 Å². The first-order valence-corrected chi connectivity index (χ1v) is 8.41. The van der Waals surface area contributed by atoms with Crippen molar-refractivity contribution in [1.82, 2.24) is 10.2 Å². The van der Waals surface area contributed by atoms with Gasteiger partial charge in [0.2, 0.25) is 0 Å². The minimum atomic E-state index is 0.663. The summed E-state index contributed by atoms with van der Waals surface area (Å²) in [7, 11) is 0. The predicted molar refractivity (Wildman–Crippen MR) is 85.5 cm³/mol. The van der Waals surface area contributed by atoms with Gasteiger partial charge >= 0.3 is 0 Å². The first-order chi connectivity index (χ1) is 9.83. The molecule has 1 saturated carbocycles. The second kappa shape index (κ2) is 6.93. The van der Waals surface area contributed by atoms with Crippen molar-refractivity contribution in [1.29, 1.82) is 0 Å². The molecule has 0 radical (unpaired) electrons. The standard InChI is InChI=1S/C17H25ClN2/c18-17-7-3-2-6-16(17)14-12-15(13-14)19-8-11-20-9-4-1-5-10-20/h2-3,6-7,14-15,19H,1,4-5,8-13H2. The summed E-state index contributed by atoms with van der Waals surface area (Å²) >= 11 is 6.26. The molecule has 0 bridgehead atoms. The van der Waals surface area contributed by atoms with E-state index in [1.165, 1.54) is 57.3 Å². The average molecular weight is 293 g/mol. The zero-order valence-corrected chi connectivity index (χ0v) is 12.9. The largest absolute Gasteiger partial charge is 0.313 e. The summed E-state index contributed by atoms with van der Waals surface area (Å²) in [4.78, 5) is 2.60. The fraction of sp³-hybridized carbons (Fsp3) is 0.647. The van der Waals surface area contributed by atoms with E-state index < -0.39 is 0 Å². The molecule has 2 fully saturated rings. The summed E-state index contributed by atoms with van der Waals surface area (Å²) in [6.07, 6.45) is 6.68. The maximum Gasteiger partial charge on any atom is 0.0440 e. The number of piperidine rings is 1. The van der Waals surface area contributed by atoms with Crippen LogP contribution in [0.2, 0.25) is 5.02 Å². The third kappa shape index (κ3) is 3.55. The fourth-order valence-electron chi connectivity index (χ4n) is 3.45. The van der Waals surface area contributed by atoms with Gasteiger partial charge in [-0.25, -0.2) is 0 Å². The lowest BCUT2D eigenvalue weighted by Crippen LogP contribution is -2.44. The zero-order valence-electron chi connectivity index (χ0n) is 12.2. The lowest BCUT2D eigenvalue weighted by molar-refractivity contribution is 0.214. The van der Waals surface area contributed by atoms with E-state index >= 15 is 0 Å². The van der Waals surface area contributed by atoms with E-state index in [9.17, 15) is 0 Å². The number of halogens is 1. The number of hydrogen-bond acceptors (Lipinski definition) is 2. The molecule has 20 heavy (non-hydrogen) atoms. The Labute approximate surface area is 127 Å². The van der Waals surface area contributed by atoms with Gasteiger partial charge in [0.25, 0.3) is 0 Å². The topological polar surface area (TPSA) is 15.3 Å². The maximum atomic E-state index is 6.26. The molecule has 0 atom stereocenters. The lowest BCUT2D eigenvalue weighted by Gasteiger charge is -2.37. The molecule has 0 unspecified atom stereocenters. The molecule has 1 aliphatic carbocycles. The van der Waals surface area contributed by atoms with E-state index in [0.717, 1.165) is 11.6 Å². The first-order valence-electron chi connectivity index (χ1n) is 8.03. The normalized spacial score (nSPS) is 27.2. The van der Waals surface area contributed by atoms with Crippen molar-refractivity contribution < 1.29 is 0 Å². The molecule has 1 saturated heterocycles. The van der Waals surface area contributed by atoms with Crippen LogP contribution in [0, 0.1) is 0 Å². The number of nitrogens with zero attached hydrogens (tertiary/aromatic N) is 1. The lowest BCUT2D eigenvalue weighted by atomic mass is 9.76. The molecule has 3 heteroatoms. The number of benzene rings is 1. The monoisotopic (exact) mass is 292 g/mol. The Morgan fingerprint density at radius 3 is 2.60 bits per heavy atom. The molecule has 1 heterocycles. The molecule has 2 nitrogen and oxygen atoms in total. The zero-order chi connectivity index (χ0) is 13.8. The Bertz CT molecular complexity index is 423. The van der Waals surface area contributed by atoms with Crippen molar-refractivity contribution in [3.63, 3.8) is 0 Å². The molecule has 1 aromatic carbocycles. The van der Waals surface area contributed by atoms with Crippen LogP contribution in [-0.4, -0.2) is 37.1 Å². The van der Waals surface area contributed by atoms with Crippen LogP contribution < -0.4 is 5.32 Å². The summed E-state index contributed by atoms with van der Waals surface area (Å²) in [5, 5.41) is 4.64. The van der Waals surface area contributed by atoms with Gasteiger partial charge in [0, 0.05) is 24.2 Å². The van der Waals surface area contributed by atoms with Gasteiger partial charge in [-0.05, 0) is 56.3 Å². The quantitative estimate of drug-likeness (QED) is 0.891. The molecule has 1 N–H and O–H groups in total.